The fourth-order valence-electron chi connectivity index (χ4n) is 1.61. The Hall–Kier alpha value is -1.22. The van der Waals surface area contributed by atoms with Gasteiger partial charge in [-0.15, -0.1) is 0 Å². The van der Waals surface area contributed by atoms with Gasteiger partial charge in [-0.25, -0.2) is 0 Å². The summed E-state index contributed by atoms with van der Waals surface area (Å²) in [5.41, 5.74) is 7.76. The first-order valence-electron chi connectivity index (χ1n) is 5.25. The van der Waals surface area contributed by atoms with Gasteiger partial charge in [0.05, 0.1) is 7.11 Å². The van der Waals surface area contributed by atoms with Crippen molar-refractivity contribution in [3.8, 4) is 11.5 Å². The van der Waals surface area contributed by atoms with Crippen LogP contribution in [0.5, 0.6) is 11.5 Å². The van der Waals surface area contributed by atoms with E-state index in [4.69, 9.17) is 10.5 Å². The quantitative estimate of drug-likeness (QED) is 0.729. The number of hydrogen-bond donors (Lipinski definition) is 2. The van der Waals surface area contributed by atoms with Crippen LogP contribution in [0.15, 0.2) is 12.1 Å². The van der Waals surface area contributed by atoms with Crippen molar-refractivity contribution in [3.63, 3.8) is 0 Å². The van der Waals surface area contributed by atoms with E-state index < -0.39 is 0 Å². The molecular formula is C12H19NO2. The van der Waals surface area contributed by atoms with Gasteiger partial charge in [0.2, 0.25) is 0 Å². The molecule has 0 fully saturated rings. The Labute approximate surface area is 90.9 Å². The van der Waals surface area contributed by atoms with E-state index in [9.17, 15) is 5.11 Å². The lowest BCUT2D eigenvalue weighted by molar-refractivity contribution is 0.372. The van der Waals surface area contributed by atoms with Crippen LogP contribution in [0.25, 0.3) is 0 Å². The van der Waals surface area contributed by atoms with E-state index in [1.807, 2.05) is 13.0 Å². The molecule has 1 rings (SSSR count). The van der Waals surface area contributed by atoms with Crippen LogP contribution in [0.3, 0.4) is 0 Å². The topological polar surface area (TPSA) is 55.5 Å². The molecule has 0 aliphatic heterocycles. The first kappa shape index (κ1) is 11.9. The molecular weight excluding hydrogens is 190 g/mol. The summed E-state index contributed by atoms with van der Waals surface area (Å²) in [6.45, 7) is 2.75. The molecule has 84 valence electrons. The average Bonchev–Trinajstić information content (AvgIpc) is 2.23. The molecule has 1 aromatic rings. The number of unbranched alkanes of at least 4 members (excludes halogenated alkanes) is 1. The molecule has 0 bridgehead atoms. The van der Waals surface area contributed by atoms with Gasteiger partial charge in [0.15, 0.2) is 11.5 Å². The molecule has 1 aromatic carbocycles. The fraction of sp³-hybridized carbons (Fsp3) is 0.500. The smallest absolute Gasteiger partial charge is 0.160 e. The number of benzene rings is 1. The zero-order valence-electron chi connectivity index (χ0n) is 9.42. The Morgan fingerprint density at radius 2 is 2.07 bits per heavy atom. The Balaban J connectivity index is 2.76. The predicted molar refractivity (Wildman–Crippen MR) is 61.4 cm³/mol. The highest BCUT2D eigenvalue weighted by molar-refractivity contribution is 5.46. The second kappa shape index (κ2) is 5.61. The average molecular weight is 209 g/mol. The summed E-state index contributed by atoms with van der Waals surface area (Å²) in [5.74, 6) is 0.751. The number of phenols is 1. The molecule has 0 aliphatic rings. The molecule has 3 N–H and O–H groups in total. The summed E-state index contributed by atoms with van der Waals surface area (Å²) in [7, 11) is 1.56. The van der Waals surface area contributed by atoms with Crippen LogP contribution in [-0.2, 0) is 6.42 Å². The number of rotatable bonds is 5. The SMILES string of the molecule is COc1cc(C)c(CCCCN)cc1O. The third-order valence-electron chi connectivity index (χ3n) is 2.54. The van der Waals surface area contributed by atoms with Crippen molar-refractivity contribution in [1.82, 2.24) is 0 Å². The van der Waals surface area contributed by atoms with Crippen molar-refractivity contribution >= 4 is 0 Å². The van der Waals surface area contributed by atoms with Crippen LogP contribution >= 0.6 is 0 Å². The number of methoxy groups -OCH3 is 1. The minimum atomic E-state index is 0.214. The first-order chi connectivity index (χ1) is 7.19. The van der Waals surface area contributed by atoms with Gasteiger partial charge in [-0.2, -0.15) is 0 Å². The third kappa shape index (κ3) is 3.13. The lowest BCUT2D eigenvalue weighted by Crippen LogP contribution is -2.00. The molecule has 0 atom stereocenters. The molecule has 15 heavy (non-hydrogen) atoms. The van der Waals surface area contributed by atoms with Gasteiger partial charge in [0.1, 0.15) is 0 Å². The molecule has 0 saturated heterocycles. The van der Waals surface area contributed by atoms with E-state index in [-0.39, 0.29) is 5.75 Å². The standard InChI is InChI=1S/C12H19NO2/c1-9-7-12(15-2)11(14)8-10(9)5-3-4-6-13/h7-8,14H,3-6,13H2,1-2H3. The van der Waals surface area contributed by atoms with Crippen LogP contribution < -0.4 is 10.5 Å². The van der Waals surface area contributed by atoms with Gasteiger partial charge in [0, 0.05) is 0 Å². The van der Waals surface area contributed by atoms with Crippen LogP contribution in [0.4, 0.5) is 0 Å². The molecule has 3 nitrogen and oxygen atoms in total. The third-order valence-corrected chi connectivity index (χ3v) is 2.54. The Morgan fingerprint density at radius 3 is 2.67 bits per heavy atom. The number of aryl methyl sites for hydroxylation is 2. The maximum absolute atomic E-state index is 9.62. The Bertz CT molecular complexity index is 324. The van der Waals surface area contributed by atoms with E-state index in [0.717, 1.165) is 31.4 Å². The van der Waals surface area contributed by atoms with Crippen molar-refractivity contribution in [1.29, 1.82) is 0 Å². The summed E-state index contributed by atoms with van der Waals surface area (Å²) in [6, 6.07) is 3.65. The summed E-state index contributed by atoms with van der Waals surface area (Å²) in [6.07, 6.45) is 3.04. The van der Waals surface area contributed by atoms with Crippen molar-refractivity contribution in [2.45, 2.75) is 26.2 Å². The summed E-state index contributed by atoms with van der Waals surface area (Å²) >= 11 is 0. The number of aromatic hydroxyl groups is 1. The van der Waals surface area contributed by atoms with Crippen LogP contribution in [0.2, 0.25) is 0 Å². The highest BCUT2D eigenvalue weighted by Crippen LogP contribution is 2.29. The maximum atomic E-state index is 9.62. The molecule has 0 aromatic heterocycles. The van der Waals surface area contributed by atoms with Crippen LogP contribution in [0, 0.1) is 6.92 Å². The van der Waals surface area contributed by atoms with Gasteiger partial charge in [-0.1, -0.05) is 0 Å². The fourth-order valence-corrected chi connectivity index (χ4v) is 1.61. The Kier molecular flexibility index (Phi) is 4.43. The Morgan fingerprint density at radius 1 is 1.33 bits per heavy atom. The summed E-state index contributed by atoms with van der Waals surface area (Å²) < 4.78 is 5.04. The summed E-state index contributed by atoms with van der Waals surface area (Å²) in [5, 5.41) is 9.62. The minimum Gasteiger partial charge on any atom is -0.504 e. The molecule has 0 radical (unpaired) electrons. The van der Waals surface area contributed by atoms with Crippen molar-refractivity contribution in [2.24, 2.45) is 5.73 Å². The highest BCUT2D eigenvalue weighted by Gasteiger charge is 2.06. The van der Waals surface area contributed by atoms with E-state index in [1.54, 1.807) is 13.2 Å². The monoisotopic (exact) mass is 209 g/mol. The maximum Gasteiger partial charge on any atom is 0.160 e. The lowest BCUT2D eigenvalue weighted by atomic mass is 10.0. The molecule has 0 heterocycles. The molecule has 0 spiro atoms. The van der Waals surface area contributed by atoms with Gasteiger partial charge >= 0.3 is 0 Å². The van der Waals surface area contributed by atoms with Gasteiger partial charge in [0.25, 0.3) is 0 Å². The summed E-state index contributed by atoms with van der Waals surface area (Å²) in [4.78, 5) is 0. The second-order valence-corrected chi connectivity index (χ2v) is 3.70. The lowest BCUT2D eigenvalue weighted by Gasteiger charge is -2.09. The zero-order valence-corrected chi connectivity index (χ0v) is 9.42. The molecule has 0 aliphatic carbocycles. The van der Waals surface area contributed by atoms with Crippen LogP contribution in [0.1, 0.15) is 24.0 Å². The van der Waals surface area contributed by atoms with E-state index in [2.05, 4.69) is 0 Å². The molecule has 0 amide bonds. The van der Waals surface area contributed by atoms with E-state index in [1.165, 1.54) is 5.56 Å². The molecule has 0 saturated carbocycles. The van der Waals surface area contributed by atoms with E-state index in [0.29, 0.717) is 5.75 Å². The second-order valence-electron chi connectivity index (χ2n) is 3.70. The van der Waals surface area contributed by atoms with Gasteiger partial charge in [-0.05, 0) is 56.0 Å². The predicted octanol–water partition coefficient (Wildman–Crippen LogP) is 1.99. The van der Waals surface area contributed by atoms with Gasteiger partial charge in [-0.3, -0.25) is 0 Å². The van der Waals surface area contributed by atoms with Crippen molar-refractivity contribution < 1.29 is 9.84 Å². The number of phenolic OH excluding ortho intramolecular Hbond substituents is 1. The van der Waals surface area contributed by atoms with Crippen LogP contribution in [-0.4, -0.2) is 18.8 Å². The number of nitrogens with two attached hydrogens (primary N) is 1. The first-order valence-corrected chi connectivity index (χ1v) is 5.25. The number of ether oxygens (including phenoxy) is 1. The normalized spacial score (nSPS) is 10.3. The van der Waals surface area contributed by atoms with Crippen molar-refractivity contribution in [3.05, 3.63) is 23.3 Å². The van der Waals surface area contributed by atoms with Crippen molar-refractivity contribution in [2.75, 3.05) is 13.7 Å². The molecule has 3 heteroatoms. The van der Waals surface area contributed by atoms with Gasteiger partial charge < -0.3 is 15.6 Å². The largest absolute Gasteiger partial charge is 0.504 e. The van der Waals surface area contributed by atoms with E-state index >= 15 is 0 Å². The number of hydrogen-bond acceptors (Lipinski definition) is 3. The minimum absolute atomic E-state index is 0.214. The zero-order chi connectivity index (χ0) is 11.3. The molecule has 0 unspecified atom stereocenters. The highest BCUT2D eigenvalue weighted by atomic mass is 16.5.